The minimum absolute atomic E-state index is 0.339. The fourth-order valence-electron chi connectivity index (χ4n) is 2.24. The quantitative estimate of drug-likeness (QED) is 0.262. The highest BCUT2D eigenvalue weighted by Gasteiger charge is 2.41. The summed E-state index contributed by atoms with van der Waals surface area (Å²) in [6.45, 7) is 2.63. The van der Waals surface area contributed by atoms with Gasteiger partial charge in [-0.1, -0.05) is 0 Å². The lowest BCUT2D eigenvalue weighted by molar-refractivity contribution is 0.293. The molecule has 140 valence electrons. The molecular formula is C12H24Cl6N3OP. The molecule has 11 heteroatoms. The molecule has 0 aromatic heterocycles. The molecule has 0 aromatic carbocycles. The van der Waals surface area contributed by atoms with Crippen molar-refractivity contribution in [2.75, 3.05) is 74.5 Å². The molecule has 0 aliphatic carbocycles. The highest BCUT2D eigenvalue weighted by atomic mass is 35.5. The summed E-state index contributed by atoms with van der Waals surface area (Å²) in [7, 11) is -3.16. The van der Waals surface area contributed by atoms with E-state index in [0.717, 1.165) is 0 Å². The van der Waals surface area contributed by atoms with Crippen LogP contribution < -0.4 is 0 Å². The summed E-state index contributed by atoms with van der Waals surface area (Å²) < 4.78 is 19.5. The van der Waals surface area contributed by atoms with Crippen LogP contribution in [0.3, 0.4) is 0 Å². The molecule has 23 heavy (non-hydrogen) atoms. The predicted molar refractivity (Wildman–Crippen MR) is 107 cm³/mol. The number of alkyl halides is 6. The first kappa shape index (κ1) is 24.8. The van der Waals surface area contributed by atoms with Crippen molar-refractivity contribution < 1.29 is 4.57 Å². The van der Waals surface area contributed by atoms with E-state index in [2.05, 4.69) is 0 Å². The number of rotatable bonds is 15. The summed E-state index contributed by atoms with van der Waals surface area (Å²) in [5.74, 6) is 2.04. The van der Waals surface area contributed by atoms with Crippen LogP contribution in [-0.4, -0.2) is 88.6 Å². The lowest BCUT2D eigenvalue weighted by Crippen LogP contribution is -2.45. The molecule has 0 saturated carbocycles. The summed E-state index contributed by atoms with van der Waals surface area (Å²) >= 11 is 35.5. The highest BCUT2D eigenvalue weighted by molar-refractivity contribution is 7.56. The minimum Gasteiger partial charge on any atom is -0.270 e. The maximum absolute atomic E-state index is 14.1. The van der Waals surface area contributed by atoms with Gasteiger partial charge in [-0.25, -0.2) is 14.0 Å². The molecule has 0 amide bonds. The molecule has 0 heterocycles. The molecule has 0 aliphatic rings. The van der Waals surface area contributed by atoms with Crippen LogP contribution in [0.15, 0.2) is 0 Å². The smallest absolute Gasteiger partial charge is 0.270 e. The van der Waals surface area contributed by atoms with Crippen LogP contribution >= 0.6 is 77.2 Å². The number of nitrogens with zero attached hydrogens (tertiary/aromatic N) is 3. The van der Waals surface area contributed by atoms with Gasteiger partial charge in [-0.2, -0.15) is 0 Å². The van der Waals surface area contributed by atoms with E-state index in [0.29, 0.717) is 74.5 Å². The molecule has 0 rings (SSSR count). The first-order valence-electron chi connectivity index (χ1n) is 7.28. The van der Waals surface area contributed by atoms with Crippen molar-refractivity contribution in [3.63, 3.8) is 0 Å². The summed E-state index contributed by atoms with van der Waals surface area (Å²) in [6.07, 6.45) is 0. The van der Waals surface area contributed by atoms with Gasteiger partial charge < -0.3 is 0 Å². The normalized spacial score (nSPS) is 12.7. The second-order valence-electron chi connectivity index (χ2n) is 4.51. The molecule has 0 atom stereocenters. The van der Waals surface area contributed by atoms with Crippen molar-refractivity contribution in [2.24, 2.45) is 0 Å². The summed E-state index contributed by atoms with van der Waals surface area (Å²) in [5, 5.41) is 0. The third-order valence-electron chi connectivity index (χ3n) is 3.16. The van der Waals surface area contributed by atoms with Gasteiger partial charge in [0.1, 0.15) is 0 Å². The van der Waals surface area contributed by atoms with Gasteiger partial charge in [0.05, 0.1) is 0 Å². The standard InChI is InChI=1S/C12H24Cl6N3OP/c13-1-7-19(8-2-14)23(22,20(9-3-15)10-4-16)21(11-5-17)12-6-18/h1-12H2. The Balaban J connectivity index is 5.79. The summed E-state index contributed by atoms with van der Waals surface area (Å²) in [6, 6.07) is 0. The van der Waals surface area contributed by atoms with Gasteiger partial charge in [0, 0.05) is 74.5 Å². The lowest BCUT2D eigenvalue weighted by Gasteiger charge is -2.44. The third-order valence-corrected chi connectivity index (χ3v) is 7.59. The van der Waals surface area contributed by atoms with E-state index in [1.54, 1.807) is 0 Å². The maximum atomic E-state index is 14.1. The van der Waals surface area contributed by atoms with Crippen LogP contribution in [0, 0.1) is 0 Å². The van der Waals surface area contributed by atoms with Gasteiger partial charge in [-0.05, 0) is 0 Å². The molecule has 0 fully saturated rings. The zero-order valence-corrected chi connectivity index (χ0v) is 18.4. The van der Waals surface area contributed by atoms with Crippen LogP contribution in [0.5, 0.6) is 0 Å². The van der Waals surface area contributed by atoms with E-state index in [9.17, 15) is 4.57 Å². The van der Waals surface area contributed by atoms with Crippen molar-refractivity contribution >= 4 is 77.2 Å². The van der Waals surface area contributed by atoms with Crippen LogP contribution in [0.1, 0.15) is 0 Å². The monoisotopic (exact) mass is 467 g/mol. The van der Waals surface area contributed by atoms with Crippen molar-refractivity contribution in [3.8, 4) is 0 Å². The van der Waals surface area contributed by atoms with Crippen molar-refractivity contribution in [3.05, 3.63) is 0 Å². The minimum atomic E-state index is -3.16. The average Bonchev–Trinajstić information content (AvgIpc) is 2.53. The molecule has 0 N–H and O–H groups in total. The van der Waals surface area contributed by atoms with E-state index < -0.39 is 7.59 Å². The first-order valence-corrected chi connectivity index (χ1v) is 12.1. The average molecular weight is 470 g/mol. The Morgan fingerprint density at radius 3 is 0.783 bits per heavy atom. The van der Waals surface area contributed by atoms with Crippen molar-refractivity contribution in [1.29, 1.82) is 0 Å². The molecule has 0 radical (unpaired) electrons. The Hall–Kier alpha value is 1.85. The molecular weight excluding hydrogens is 446 g/mol. The Morgan fingerprint density at radius 2 is 0.652 bits per heavy atom. The van der Waals surface area contributed by atoms with Crippen LogP contribution in [-0.2, 0) is 4.57 Å². The van der Waals surface area contributed by atoms with Gasteiger partial charge in [0.2, 0.25) is 0 Å². The molecule has 0 spiro atoms. The topological polar surface area (TPSA) is 26.8 Å². The van der Waals surface area contributed by atoms with E-state index in [1.807, 2.05) is 14.0 Å². The van der Waals surface area contributed by atoms with Gasteiger partial charge in [0.15, 0.2) is 0 Å². The Morgan fingerprint density at radius 1 is 0.478 bits per heavy atom. The van der Waals surface area contributed by atoms with Crippen LogP contribution in [0.2, 0.25) is 0 Å². The van der Waals surface area contributed by atoms with Crippen molar-refractivity contribution in [1.82, 2.24) is 14.0 Å². The molecule has 0 saturated heterocycles. The maximum Gasteiger partial charge on any atom is 0.287 e. The van der Waals surface area contributed by atoms with E-state index in [-0.39, 0.29) is 0 Å². The lowest BCUT2D eigenvalue weighted by atomic mass is 10.6. The highest BCUT2D eigenvalue weighted by Crippen LogP contribution is 2.56. The van der Waals surface area contributed by atoms with Gasteiger partial charge in [0.25, 0.3) is 7.59 Å². The second kappa shape index (κ2) is 15.0. The molecule has 4 nitrogen and oxygen atoms in total. The van der Waals surface area contributed by atoms with E-state index >= 15 is 0 Å². The van der Waals surface area contributed by atoms with E-state index in [4.69, 9.17) is 69.6 Å². The fourth-order valence-corrected chi connectivity index (χ4v) is 7.41. The number of hydrogen-bond acceptors (Lipinski definition) is 1. The zero-order valence-electron chi connectivity index (χ0n) is 13.0. The molecule has 0 aliphatic heterocycles. The van der Waals surface area contributed by atoms with Crippen LogP contribution in [0.25, 0.3) is 0 Å². The number of hydrogen-bond donors (Lipinski definition) is 0. The molecule has 0 aromatic rings. The molecule has 0 unspecified atom stereocenters. The predicted octanol–water partition coefficient (Wildman–Crippen LogP) is 4.43. The Bertz CT molecular complexity index is 276. The third kappa shape index (κ3) is 7.95. The Labute approximate surface area is 169 Å². The second-order valence-corrected chi connectivity index (χ2v) is 9.50. The largest absolute Gasteiger partial charge is 0.287 e. The van der Waals surface area contributed by atoms with Crippen molar-refractivity contribution in [2.45, 2.75) is 0 Å². The van der Waals surface area contributed by atoms with Gasteiger partial charge in [-0.3, -0.25) is 4.57 Å². The Kier molecular flexibility index (Phi) is 16.2. The first-order chi connectivity index (χ1) is 11.1. The zero-order chi connectivity index (χ0) is 17.7. The fraction of sp³-hybridized carbons (Fsp3) is 1.00. The number of halogens is 6. The summed E-state index contributed by atoms with van der Waals surface area (Å²) in [5.41, 5.74) is 0. The van der Waals surface area contributed by atoms with Gasteiger partial charge in [-0.15, -0.1) is 69.6 Å². The summed E-state index contributed by atoms with van der Waals surface area (Å²) in [4.78, 5) is 0. The SMILES string of the molecule is O=P(N(CCCl)CCCl)(N(CCCl)CCCl)N(CCCl)CCCl. The van der Waals surface area contributed by atoms with Gasteiger partial charge >= 0.3 is 0 Å². The van der Waals surface area contributed by atoms with Crippen LogP contribution in [0.4, 0.5) is 0 Å². The van der Waals surface area contributed by atoms with E-state index in [1.165, 1.54) is 0 Å². The molecule has 0 bridgehead atoms.